The van der Waals surface area contributed by atoms with Gasteiger partial charge in [0, 0.05) is 29.3 Å². The summed E-state index contributed by atoms with van der Waals surface area (Å²) >= 11 is 1.47. The second-order valence-corrected chi connectivity index (χ2v) is 5.08. The number of ether oxygens (including phenoxy) is 1. The lowest BCUT2D eigenvalue weighted by Gasteiger charge is -2.26. The molecule has 16 heavy (non-hydrogen) atoms. The Hall–Kier alpha value is -0.395. The molecule has 0 atom stereocenters. The van der Waals surface area contributed by atoms with E-state index in [9.17, 15) is 0 Å². The lowest BCUT2D eigenvalue weighted by Crippen LogP contribution is -2.37. The third-order valence-corrected chi connectivity index (χ3v) is 3.90. The highest BCUT2D eigenvalue weighted by atomic mass is 32.1. The molecule has 2 rings (SSSR count). The average molecular weight is 241 g/mol. The van der Waals surface area contributed by atoms with Gasteiger partial charge >= 0.3 is 7.12 Å². The SMILES string of the molecule is OB(O)c1ccc(CCN2CCOCC2)s1. The fraction of sp³-hybridized carbons (Fsp3) is 0.600. The first-order valence-electron chi connectivity index (χ1n) is 5.50. The van der Waals surface area contributed by atoms with Crippen LogP contribution in [0, 0.1) is 0 Å². The topological polar surface area (TPSA) is 52.9 Å². The first kappa shape index (κ1) is 12.1. The van der Waals surface area contributed by atoms with Crippen LogP contribution in [0.1, 0.15) is 4.88 Å². The largest absolute Gasteiger partial charge is 0.499 e. The number of nitrogens with zero attached hydrogens (tertiary/aromatic N) is 1. The van der Waals surface area contributed by atoms with Gasteiger partial charge in [-0.3, -0.25) is 4.90 Å². The monoisotopic (exact) mass is 241 g/mol. The molecule has 1 aromatic heterocycles. The number of hydrogen-bond donors (Lipinski definition) is 2. The van der Waals surface area contributed by atoms with E-state index in [2.05, 4.69) is 4.90 Å². The minimum absolute atomic E-state index is 0.622. The van der Waals surface area contributed by atoms with Crippen molar-refractivity contribution < 1.29 is 14.8 Å². The van der Waals surface area contributed by atoms with Crippen LogP contribution in [0.2, 0.25) is 0 Å². The smallest absolute Gasteiger partial charge is 0.423 e. The summed E-state index contributed by atoms with van der Waals surface area (Å²) in [6.45, 7) is 4.67. The summed E-state index contributed by atoms with van der Waals surface area (Å²) in [7, 11) is -1.33. The maximum Gasteiger partial charge on any atom is 0.499 e. The van der Waals surface area contributed by atoms with E-state index in [1.54, 1.807) is 6.07 Å². The molecule has 1 aliphatic rings. The van der Waals surface area contributed by atoms with Crippen LogP contribution in [0.4, 0.5) is 0 Å². The maximum atomic E-state index is 8.99. The summed E-state index contributed by atoms with van der Waals surface area (Å²) in [5.41, 5.74) is 0. The Kier molecular flexibility index (Phi) is 4.37. The van der Waals surface area contributed by atoms with Crippen molar-refractivity contribution in [3.8, 4) is 0 Å². The van der Waals surface area contributed by atoms with E-state index >= 15 is 0 Å². The molecule has 4 nitrogen and oxygen atoms in total. The van der Waals surface area contributed by atoms with Crippen LogP contribution in [0.25, 0.3) is 0 Å². The lowest BCUT2D eigenvalue weighted by atomic mass is 9.90. The van der Waals surface area contributed by atoms with Crippen LogP contribution in [-0.4, -0.2) is 54.9 Å². The van der Waals surface area contributed by atoms with Crippen molar-refractivity contribution in [3.05, 3.63) is 17.0 Å². The van der Waals surface area contributed by atoms with E-state index in [4.69, 9.17) is 14.8 Å². The van der Waals surface area contributed by atoms with Crippen molar-refractivity contribution in [2.45, 2.75) is 6.42 Å². The van der Waals surface area contributed by atoms with Gasteiger partial charge in [0.1, 0.15) is 0 Å². The zero-order chi connectivity index (χ0) is 11.4. The second kappa shape index (κ2) is 5.79. The average Bonchev–Trinajstić information content (AvgIpc) is 2.76. The Bertz CT molecular complexity index is 326. The van der Waals surface area contributed by atoms with Crippen LogP contribution in [0.15, 0.2) is 12.1 Å². The van der Waals surface area contributed by atoms with Gasteiger partial charge in [-0.25, -0.2) is 0 Å². The van der Waals surface area contributed by atoms with E-state index in [1.165, 1.54) is 16.2 Å². The van der Waals surface area contributed by atoms with E-state index < -0.39 is 7.12 Å². The molecule has 0 aliphatic carbocycles. The molecule has 0 saturated carbocycles. The normalized spacial score (nSPS) is 17.6. The molecule has 88 valence electrons. The highest BCUT2D eigenvalue weighted by Gasteiger charge is 2.14. The van der Waals surface area contributed by atoms with Crippen molar-refractivity contribution in [2.75, 3.05) is 32.8 Å². The summed E-state index contributed by atoms with van der Waals surface area (Å²) in [4.78, 5) is 3.58. The van der Waals surface area contributed by atoms with Crippen LogP contribution < -0.4 is 4.78 Å². The van der Waals surface area contributed by atoms with Crippen LogP contribution >= 0.6 is 11.3 Å². The highest BCUT2D eigenvalue weighted by Crippen LogP contribution is 2.09. The van der Waals surface area contributed by atoms with Gasteiger partial charge in [0.15, 0.2) is 0 Å². The minimum atomic E-state index is -1.33. The van der Waals surface area contributed by atoms with Crippen molar-refractivity contribution in [1.29, 1.82) is 0 Å². The zero-order valence-corrected chi connectivity index (χ0v) is 9.95. The minimum Gasteiger partial charge on any atom is -0.423 e. The molecule has 2 N–H and O–H groups in total. The molecule has 0 radical (unpaired) electrons. The van der Waals surface area contributed by atoms with Gasteiger partial charge < -0.3 is 14.8 Å². The second-order valence-electron chi connectivity index (χ2n) is 3.88. The van der Waals surface area contributed by atoms with Gasteiger partial charge in [-0.05, 0) is 12.5 Å². The number of morpholine rings is 1. The molecule has 0 bridgehead atoms. The fourth-order valence-corrected chi connectivity index (χ4v) is 2.63. The molecule has 1 aliphatic heterocycles. The molecule has 1 fully saturated rings. The molecule has 2 heterocycles. The van der Waals surface area contributed by atoms with E-state index in [0.29, 0.717) is 4.78 Å². The Morgan fingerprint density at radius 1 is 1.31 bits per heavy atom. The van der Waals surface area contributed by atoms with Gasteiger partial charge in [-0.15, -0.1) is 11.3 Å². The molecular weight excluding hydrogens is 225 g/mol. The van der Waals surface area contributed by atoms with Gasteiger partial charge in [0.2, 0.25) is 0 Å². The molecule has 0 unspecified atom stereocenters. The Morgan fingerprint density at radius 3 is 2.69 bits per heavy atom. The Morgan fingerprint density at radius 2 is 2.06 bits per heavy atom. The molecule has 0 aromatic carbocycles. The predicted octanol–water partition coefficient (Wildman–Crippen LogP) is -0.697. The molecule has 6 heteroatoms. The number of rotatable bonds is 4. The van der Waals surface area contributed by atoms with Crippen LogP contribution in [-0.2, 0) is 11.2 Å². The summed E-state index contributed by atoms with van der Waals surface area (Å²) in [6, 6.07) is 3.75. The lowest BCUT2D eigenvalue weighted by molar-refractivity contribution is 0.0385. The van der Waals surface area contributed by atoms with Crippen molar-refractivity contribution >= 4 is 23.2 Å². The van der Waals surface area contributed by atoms with Crippen LogP contribution in [0.3, 0.4) is 0 Å². The Balaban J connectivity index is 1.79. The highest BCUT2D eigenvalue weighted by molar-refractivity contribution is 7.22. The van der Waals surface area contributed by atoms with Gasteiger partial charge in [0.25, 0.3) is 0 Å². The molecule has 1 saturated heterocycles. The first-order chi connectivity index (χ1) is 7.75. The quantitative estimate of drug-likeness (QED) is 0.685. The van der Waals surface area contributed by atoms with E-state index in [0.717, 1.165) is 39.3 Å². The molecule has 0 spiro atoms. The maximum absolute atomic E-state index is 8.99. The molecular formula is C10H16BNO3S. The van der Waals surface area contributed by atoms with E-state index in [1.807, 2.05) is 6.07 Å². The summed E-state index contributed by atoms with van der Waals surface area (Å²) in [6.07, 6.45) is 0.970. The standard InChI is InChI=1S/C10H16BNO3S/c13-11(14)10-2-1-9(16-10)3-4-12-5-7-15-8-6-12/h1-2,13-14H,3-8H2. The van der Waals surface area contributed by atoms with Gasteiger partial charge in [0.05, 0.1) is 13.2 Å². The van der Waals surface area contributed by atoms with Crippen LogP contribution in [0.5, 0.6) is 0 Å². The van der Waals surface area contributed by atoms with Gasteiger partial charge in [-0.1, -0.05) is 6.07 Å². The molecule has 1 aromatic rings. The van der Waals surface area contributed by atoms with E-state index in [-0.39, 0.29) is 0 Å². The van der Waals surface area contributed by atoms with Gasteiger partial charge in [-0.2, -0.15) is 0 Å². The van der Waals surface area contributed by atoms with Crippen molar-refractivity contribution in [1.82, 2.24) is 4.90 Å². The zero-order valence-electron chi connectivity index (χ0n) is 9.13. The summed E-state index contributed by atoms with van der Waals surface area (Å²) in [5.74, 6) is 0. The Labute approximate surface area is 99.6 Å². The fourth-order valence-electron chi connectivity index (χ4n) is 1.76. The summed E-state index contributed by atoms with van der Waals surface area (Å²) < 4.78 is 5.90. The third-order valence-electron chi connectivity index (χ3n) is 2.72. The molecule has 0 amide bonds. The predicted molar refractivity (Wildman–Crippen MR) is 65.1 cm³/mol. The summed E-state index contributed by atoms with van der Waals surface area (Å²) in [5, 5.41) is 18.0. The van der Waals surface area contributed by atoms with Crippen molar-refractivity contribution in [3.63, 3.8) is 0 Å². The number of thiophene rings is 1. The van der Waals surface area contributed by atoms with Crippen molar-refractivity contribution in [2.24, 2.45) is 0 Å². The number of hydrogen-bond acceptors (Lipinski definition) is 5. The third kappa shape index (κ3) is 3.30. The first-order valence-corrected chi connectivity index (χ1v) is 6.32.